The van der Waals surface area contributed by atoms with Crippen LogP contribution >= 0.6 is 0 Å². The standard InChI is InChI=1S/C21H25NO/c1-2-14-22(16-18-8-9-18)21(23)15-17-10-12-20(13-11-17)19-6-4-3-5-7-19/h3-7,10-13,18H,2,8-9,14-16H2,1H3. The first-order valence-corrected chi connectivity index (χ1v) is 8.68. The second kappa shape index (κ2) is 7.45. The minimum atomic E-state index is 0.270. The molecule has 0 heterocycles. The summed E-state index contributed by atoms with van der Waals surface area (Å²) >= 11 is 0. The van der Waals surface area contributed by atoms with Gasteiger partial charge in [0.15, 0.2) is 0 Å². The number of carbonyl (C=O) groups is 1. The van der Waals surface area contributed by atoms with E-state index in [9.17, 15) is 4.79 Å². The number of amides is 1. The summed E-state index contributed by atoms with van der Waals surface area (Å²) in [6.45, 7) is 3.98. The molecule has 0 bridgehead atoms. The second-order valence-corrected chi connectivity index (χ2v) is 6.52. The zero-order valence-electron chi connectivity index (χ0n) is 13.9. The van der Waals surface area contributed by atoms with Crippen LogP contribution in [0.4, 0.5) is 0 Å². The molecule has 1 saturated carbocycles. The highest BCUT2D eigenvalue weighted by Crippen LogP contribution is 2.30. The third-order valence-corrected chi connectivity index (χ3v) is 4.44. The quantitative estimate of drug-likeness (QED) is 0.735. The van der Waals surface area contributed by atoms with E-state index in [0.717, 1.165) is 31.0 Å². The zero-order valence-corrected chi connectivity index (χ0v) is 13.9. The van der Waals surface area contributed by atoms with Crippen molar-refractivity contribution < 1.29 is 4.79 Å². The Kier molecular flexibility index (Phi) is 5.12. The lowest BCUT2D eigenvalue weighted by Gasteiger charge is -2.22. The van der Waals surface area contributed by atoms with Gasteiger partial charge in [-0.1, -0.05) is 61.5 Å². The van der Waals surface area contributed by atoms with Crippen LogP contribution in [0.1, 0.15) is 31.7 Å². The van der Waals surface area contributed by atoms with E-state index in [1.54, 1.807) is 0 Å². The predicted molar refractivity (Wildman–Crippen MR) is 95.2 cm³/mol. The summed E-state index contributed by atoms with van der Waals surface area (Å²) in [5.41, 5.74) is 3.52. The summed E-state index contributed by atoms with van der Waals surface area (Å²) < 4.78 is 0. The van der Waals surface area contributed by atoms with Crippen LogP contribution in [0.25, 0.3) is 11.1 Å². The highest BCUT2D eigenvalue weighted by molar-refractivity contribution is 5.79. The fraction of sp³-hybridized carbons (Fsp3) is 0.381. The molecule has 2 heteroatoms. The maximum absolute atomic E-state index is 12.5. The molecule has 1 aliphatic carbocycles. The molecule has 0 aromatic heterocycles. The smallest absolute Gasteiger partial charge is 0.226 e. The van der Waals surface area contributed by atoms with Gasteiger partial charge in [0.25, 0.3) is 0 Å². The van der Waals surface area contributed by atoms with E-state index in [1.807, 2.05) is 18.2 Å². The molecule has 120 valence electrons. The average Bonchev–Trinajstić information content (AvgIpc) is 3.40. The number of nitrogens with zero attached hydrogens (tertiary/aromatic N) is 1. The minimum Gasteiger partial charge on any atom is -0.342 e. The van der Waals surface area contributed by atoms with Crippen molar-refractivity contribution in [3.05, 3.63) is 60.2 Å². The summed E-state index contributed by atoms with van der Waals surface area (Å²) in [7, 11) is 0. The van der Waals surface area contributed by atoms with E-state index in [1.165, 1.54) is 24.0 Å². The molecule has 0 radical (unpaired) electrons. The van der Waals surface area contributed by atoms with E-state index in [-0.39, 0.29) is 5.91 Å². The fourth-order valence-corrected chi connectivity index (χ4v) is 2.93. The third-order valence-electron chi connectivity index (χ3n) is 4.44. The fourth-order valence-electron chi connectivity index (χ4n) is 2.93. The molecule has 2 aromatic rings. The van der Waals surface area contributed by atoms with Gasteiger partial charge in [-0.15, -0.1) is 0 Å². The molecule has 23 heavy (non-hydrogen) atoms. The van der Waals surface area contributed by atoms with Crippen molar-refractivity contribution in [1.82, 2.24) is 4.90 Å². The van der Waals surface area contributed by atoms with Crippen LogP contribution in [0.2, 0.25) is 0 Å². The van der Waals surface area contributed by atoms with Crippen molar-refractivity contribution in [2.24, 2.45) is 5.92 Å². The van der Waals surface area contributed by atoms with Crippen molar-refractivity contribution in [1.29, 1.82) is 0 Å². The van der Waals surface area contributed by atoms with E-state index in [0.29, 0.717) is 6.42 Å². The lowest BCUT2D eigenvalue weighted by molar-refractivity contribution is -0.130. The van der Waals surface area contributed by atoms with Gasteiger partial charge in [0.2, 0.25) is 5.91 Å². The van der Waals surface area contributed by atoms with Crippen molar-refractivity contribution in [2.45, 2.75) is 32.6 Å². The summed E-state index contributed by atoms with van der Waals surface area (Å²) in [4.78, 5) is 14.6. The lowest BCUT2D eigenvalue weighted by atomic mass is 10.0. The molecule has 0 atom stereocenters. The summed E-state index contributed by atoms with van der Waals surface area (Å²) in [5.74, 6) is 1.03. The van der Waals surface area contributed by atoms with Gasteiger partial charge in [0.05, 0.1) is 6.42 Å². The van der Waals surface area contributed by atoms with E-state index in [2.05, 4.69) is 48.2 Å². The molecule has 1 fully saturated rings. The van der Waals surface area contributed by atoms with Gasteiger partial charge in [0.1, 0.15) is 0 Å². The first-order valence-electron chi connectivity index (χ1n) is 8.68. The van der Waals surface area contributed by atoms with Crippen LogP contribution in [0, 0.1) is 5.92 Å². The molecule has 2 nitrogen and oxygen atoms in total. The molecule has 0 N–H and O–H groups in total. The highest BCUT2D eigenvalue weighted by Gasteiger charge is 2.26. The van der Waals surface area contributed by atoms with Crippen molar-refractivity contribution in [3.8, 4) is 11.1 Å². The number of hydrogen-bond donors (Lipinski definition) is 0. The summed E-state index contributed by atoms with van der Waals surface area (Å²) in [6.07, 6.45) is 4.13. The van der Waals surface area contributed by atoms with Gasteiger partial charge < -0.3 is 4.90 Å². The second-order valence-electron chi connectivity index (χ2n) is 6.52. The van der Waals surface area contributed by atoms with E-state index < -0.39 is 0 Å². The largest absolute Gasteiger partial charge is 0.342 e. The maximum atomic E-state index is 12.5. The average molecular weight is 307 g/mol. The van der Waals surface area contributed by atoms with Crippen LogP contribution in [0.15, 0.2) is 54.6 Å². The van der Waals surface area contributed by atoms with Gasteiger partial charge in [-0.2, -0.15) is 0 Å². The van der Waals surface area contributed by atoms with E-state index in [4.69, 9.17) is 0 Å². The van der Waals surface area contributed by atoms with Crippen molar-refractivity contribution in [2.75, 3.05) is 13.1 Å². The molecule has 0 unspecified atom stereocenters. The van der Waals surface area contributed by atoms with Crippen LogP contribution in [0.3, 0.4) is 0 Å². The molecular weight excluding hydrogens is 282 g/mol. The third kappa shape index (κ3) is 4.44. The highest BCUT2D eigenvalue weighted by atomic mass is 16.2. The van der Waals surface area contributed by atoms with Gasteiger partial charge in [0, 0.05) is 13.1 Å². The molecule has 1 aliphatic rings. The Morgan fingerprint density at radius 1 is 1.00 bits per heavy atom. The number of benzene rings is 2. The topological polar surface area (TPSA) is 20.3 Å². The minimum absolute atomic E-state index is 0.270. The Hall–Kier alpha value is -2.09. The lowest BCUT2D eigenvalue weighted by Crippen LogP contribution is -2.34. The molecule has 0 aliphatic heterocycles. The molecular formula is C21H25NO. The number of rotatable bonds is 7. The van der Waals surface area contributed by atoms with Crippen molar-refractivity contribution in [3.63, 3.8) is 0 Å². The number of hydrogen-bond acceptors (Lipinski definition) is 1. The SMILES string of the molecule is CCCN(CC1CC1)C(=O)Cc1ccc(-c2ccccc2)cc1. The molecule has 0 saturated heterocycles. The van der Waals surface area contributed by atoms with Gasteiger partial charge >= 0.3 is 0 Å². The zero-order chi connectivity index (χ0) is 16.1. The first kappa shape index (κ1) is 15.8. The Bertz CT molecular complexity index is 629. The van der Waals surface area contributed by atoms with Gasteiger partial charge in [-0.25, -0.2) is 0 Å². The Morgan fingerprint density at radius 2 is 1.65 bits per heavy atom. The van der Waals surface area contributed by atoms with Crippen LogP contribution in [-0.4, -0.2) is 23.9 Å². The molecule has 2 aromatic carbocycles. The molecule has 0 spiro atoms. The monoisotopic (exact) mass is 307 g/mol. The van der Waals surface area contributed by atoms with Crippen LogP contribution < -0.4 is 0 Å². The Balaban J connectivity index is 1.63. The predicted octanol–water partition coefficient (Wildman–Crippen LogP) is 4.54. The van der Waals surface area contributed by atoms with Gasteiger partial charge in [-0.05, 0) is 41.9 Å². The van der Waals surface area contributed by atoms with Gasteiger partial charge in [-0.3, -0.25) is 4.79 Å². The van der Waals surface area contributed by atoms with E-state index >= 15 is 0 Å². The first-order chi connectivity index (χ1) is 11.3. The van der Waals surface area contributed by atoms with Crippen molar-refractivity contribution >= 4 is 5.91 Å². The summed E-state index contributed by atoms with van der Waals surface area (Å²) in [6, 6.07) is 18.7. The Labute approximate surface area is 139 Å². The summed E-state index contributed by atoms with van der Waals surface area (Å²) in [5, 5.41) is 0. The molecule has 3 rings (SSSR count). The Morgan fingerprint density at radius 3 is 2.26 bits per heavy atom. The van der Waals surface area contributed by atoms with Crippen LogP contribution in [0.5, 0.6) is 0 Å². The van der Waals surface area contributed by atoms with Crippen LogP contribution in [-0.2, 0) is 11.2 Å². The maximum Gasteiger partial charge on any atom is 0.226 e. The normalized spacial score (nSPS) is 13.8. The number of carbonyl (C=O) groups excluding carboxylic acids is 1. The molecule has 1 amide bonds.